The molecule has 0 radical (unpaired) electrons. The molecule has 0 aromatic carbocycles. The van der Waals surface area contributed by atoms with Crippen molar-refractivity contribution in [1.29, 1.82) is 0 Å². The molecule has 3 rings (SSSR count). The Morgan fingerprint density at radius 3 is 2.90 bits per heavy atom. The summed E-state index contributed by atoms with van der Waals surface area (Å²) in [4.78, 5) is 16.6. The summed E-state index contributed by atoms with van der Waals surface area (Å²) in [5.41, 5.74) is 0. The zero-order valence-electron chi connectivity index (χ0n) is 11.8. The molecule has 1 aromatic rings. The van der Waals surface area contributed by atoms with E-state index in [1.54, 1.807) is 0 Å². The van der Waals surface area contributed by atoms with Crippen molar-refractivity contribution >= 4 is 28.8 Å². The van der Waals surface area contributed by atoms with Gasteiger partial charge < -0.3 is 9.64 Å². The molecular formula is C13H19ClN4O2S. The van der Waals surface area contributed by atoms with E-state index in [0.717, 1.165) is 63.5 Å². The van der Waals surface area contributed by atoms with Crippen LogP contribution in [0, 0.1) is 0 Å². The molecule has 1 amide bonds. The van der Waals surface area contributed by atoms with Gasteiger partial charge in [-0.05, 0) is 37.4 Å². The SMILES string of the molecule is O=C(c1nnc(Cl)s1)N1CCCN(CC2CCCO2)CC1. The Balaban J connectivity index is 1.53. The Morgan fingerprint density at radius 2 is 2.19 bits per heavy atom. The summed E-state index contributed by atoms with van der Waals surface area (Å²) in [6, 6.07) is 0. The van der Waals surface area contributed by atoms with E-state index >= 15 is 0 Å². The van der Waals surface area contributed by atoms with Gasteiger partial charge in [0.05, 0.1) is 6.10 Å². The fourth-order valence-corrected chi connectivity index (χ4v) is 3.66. The maximum Gasteiger partial charge on any atom is 0.284 e. The predicted octanol–water partition coefficient (Wildman–Crippen LogP) is 1.52. The Labute approximate surface area is 133 Å². The molecule has 1 aromatic heterocycles. The second-order valence-corrected chi connectivity index (χ2v) is 7.00. The normalized spacial score (nSPS) is 24.2. The maximum atomic E-state index is 12.3. The molecule has 2 fully saturated rings. The molecule has 3 heterocycles. The number of hydrogen-bond donors (Lipinski definition) is 0. The van der Waals surface area contributed by atoms with E-state index < -0.39 is 0 Å². The van der Waals surface area contributed by atoms with Crippen molar-refractivity contribution in [3.05, 3.63) is 9.47 Å². The third-order valence-electron chi connectivity index (χ3n) is 3.94. The van der Waals surface area contributed by atoms with E-state index in [9.17, 15) is 4.79 Å². The number of aromatic nitrogens is 2. The van der Waals surface area contributed by atoms with Crippen LogP contribution in [0.3, 0.4) is 0 Å². The number of carbonyl (C=O) groups excluding carboxylic acids is 1. The number of carbonyl (C=O) groups is 1. The molecule has 21 heavy (non-hydrogen) atoms. The first-order chi connectivity index (χ1) is 10.2. The van der Waals surface area contributed by atoms with Gasteiger partial charge in [0.2, 0.25) is 9.47 Å². The number of rotatable bonds is 3. The molecule has 1 atom stereocenters. The van der Waals surface area contributed by atoms with Gasteiger partial charge in [-0.3, -0.25) is 9.69 Å². The van der Waals surface area contributed by atoms with E-state index in [0.29, 0.717) is 15.6 Å². The molecule has 116 valence electrons. The molecule has 8 heteroatoms. The number of amides is 1. The Morgan fingerprint density at radius 1 is 1.29 bits per heavy atom. The largest absolute Gasteiger partial charge is 0.377 e. The van der Waals surface area contributed by atoms with Crippen molar-refractivity contribution < 1.29 is 9.53 Å². The van der Waals surface area contributed by atoms with Crippen molar-refractivity contribution in [2.45, 2.75) is 25.4 Å². The lowest BCUT2D eigenvalue weighted by Gasteiger charge is -2.23. The van der Waals surface area contributed by atoms with E-state index in [1.807, 2.05) is 4.90 Å². The lowest BCUT2D eigenvalue weighted by atomic mass is 10.2. The third kappa shape index (κ3) is 3.91. The van der Waals surface area contributed by atoms with Crippen LogP contribution < -0.4 is 0 Å². The summed E-state index contributed by atoms with van der Waals surface area (Å²) < 4.78 is 6.00. The molecular weight excluding hydrogens is 312 g/mol. The second-order valence-electron chi connectivity index (χ2n) is 5.44. The summed E-state index contributed by atoms with van der Waals surface area (Å²) in [5.74, 6) is -0.0571. The lowest BCUT2D eigenvalue weighted by molar-refractivity contribution is 0.0703. The van der Waals surface area contributed by atoms with Crippen LogP contribution in [-0.2, 0) is 4.74 Å². The quantitative estimate of drug-likeness (QED) is 0.841. The molecule has 0 saturated carbocycles. The first-order valence-electron chi connectivity index (χ1n) is 7.34. The van der Waals surface area contributed by atoms with Crippen LogP contribution in [0.25, 0.3) is 0 Å². The standard InChI is InChI=1S/C13H19ClN4O2S/c14-13-16-15-11(21-13)12(19)18-5-2-4-17(6-7-18)9-10-3-1-8-20-10/h10H,1-9H2. The van der Waals surface area contributed by atoms with Crippen molar-refractivity contribution in [1.82, 2.24) is 20.0 Å². The minimum atomic E-state index is -0.0571. The van der Waals surface area contributed by atoms with Crippen molar-refractivity contribution in [2.75, 3.05) is 39.3 Å². The van der Waals surface area contributed by atoms with Gasteiger partial charge in [0.1, 0.15) is 0 Å². The first kappa shape index (κ1) is 15.1. The van der Waals surface area contributed by atoms with E-state index in [2.05, 4.69) is 15.1 Å². The van der Waals surface area contributed by atoms with Crippen molar-refractivity contribution in [3.63, 3.8) is 0 Å². The van der Waals surface area contributed by atoms with Gasteiger partial charge in [-0.15, -0.1) is 10.2 Å². The molecule has 2 aliphatic heterocycles. The zero-order valence-corrected chi connectivity index (χ0v) is 13.4. The van der Waals surface area contributed by atoms with Gasteiger partial charge in [-0.2, -0.15) is 0 Å². The Hall–Kier alpha value is -0.760. The fourth-order valence-electron chi connectivity index (χ4n) is 2.86. The first-order valence-corrected chi connectivity index (χ1v) is 8.54. The average Bonchev–Trinajstić information content (AvgIpc) is 3.07. The fraction of sp³-hybridized carbons (Fsp3) is 0.769. The summed E-state index contributed by atoms with van der Waals surface area (Å²) in [6.07, 6.45) is 3.67. The predicted molar refractivity (Wildman–Crippen MR) is 80.9 cm³/mol. The highest BCUT2D eigenvalue weighted by atomic mass is 35.5. The molecule has 6 nitrogen and oxygen atoms in total. The number of halogens is 1. The lowest BCUT2D eigenvalue weighted by Crippen LogP contribution is -2.37. The summed E-state index contributed by atoms with van der Waals surface area (Å²) in [5, 5.41) is 7.92. The van der Waals surface area contributed by atoms with Gasteiger partial charge in [0.15, 0.2) is 0 Å². The highest BCUT2D eigenvalue weighted by Crippen LogP contribution is 2.18. The minimum Gasteiger partial charge on any atom is -0.377 e. The van der Waals surface area contributed by atoms with Crippen LogP contribution in [0.15, 0.2) is 0 Å². The highest BCUT2D eigenvalue weighted by Gasteiger charge is 2.25. The summed E-state index contributed by atoms with van der Waals surface area (Å²) >= 11 is 6.89. The molecule has 1 unspecified atom stereocenters. The van der Waals surface area contributed by atoms with Gasteiger partial charge >= 0.3 is 0 Å². The van der Waals surface area contributed by atoms with E-state index in [-0.39, 0.29) is 5.91 Å². The van der Waals surface area contributed by atoms with Crippen LogP contribution in [0.1, 0.15) is 29.1 Å². The Bertz CT molecular complexity index is 492. The monoisotopic (exact) mass is 330 g/mol. The number of nitrogens with zero attached hydrogens (tertiary/aromatic N) is 4. The topological polar surface area (TPSA) is 58.6 Å². The van der Waals surface area contributed by atoms with Crippen molar-refractivity contribution in [3.8, 4) is 0 Å². The minimum absolute atomic E-state index is 0.0571. The van der Waals surface area contributed by atoms with Gasteiger partial charge in [-0.1, -0.05) is 11.3 Å². The van der Waals surface area contributed by atoms with Crippen LogP contribution in [0.5, 0.6) is 0 Å². The van der Waals surface area contributed by atoms with Gasteiger partial charge in [0, 0.05) is 32.8 Å². The summed E-state index contributed by atoms with van der Waals surface area (Å²) in [7, 11) is 0. The summed E-state index contributed by atoms with van der Waals surface area (Å²) in [6.45, 7) is 5.26. The third-order valence-corrected chi connectivity index (χ3v) is 4.95. The smallest absolute Gasteiger partial charge is 0.284 e. The van der Waals surface area contributed by atoms with Crippen LogP contribution >= 0.6 is 22.9 Å². The molecule has 0 bridgehead atoms. The van der Waals surface area contributed by atoms with Crippen LogP contribution in [-0.4, -0.2) is 71.3 Å². The van der Waals surface area contributed by atoms with E-state index in [4.69, 9.17) is 16.3 Å². The maximum absolute atomic E-state index is 12.3. The van der Waals surface area contributed by atoms with Crippen LogP contribution in [0.2, 0.25) is 4.47 Å². The van der Waals surface area contributed by atoms with Crippen molar-refractivity contribution in [2.24, 2.45) is 0 Å². The molecule has 2 saturated heterocycles. The molecule has 0 spiro atoms. The molecule has 2 aliphatic rings. The molecule has 0 N–H and O–H groups in total. The van der Waals surface area contributed by atoms with Crippen LogP contribution in [0.4, 0.5) is 0 Å². The molecule has 0 aliphatic carbocycles. The second kappa shape index (κ2) is 7.00. The number of hydrogen-bond acceptors (Lipinski definition) is 6. The Kier molecular flexibility index (Phi) is 5.05. The number of ether oxygens (including phenoxy) is 1. The zero-order chi connectivity index (χ0) is 14.7. The van der Waals surface area contributed by atoms with E-state index in [1.165, 1.54) is 6.42 Å². The van der Waals surface area contributed by atoms with Gasteiger partial charge in [-0.25, -0.2) is 0 Å². The highest BCUT2D eigenvalue weighted by molar-refractivity contribution is 7.17. The average molecular weight is 331 g/mol. The van der Waals surface area contributed by atoms with Gasteiger partial charge in [0.25, 0.3) is 5.91 Å².